The SMILES string of the molecule is O=C(NC1(CCl)CC1)C1CCCCC1. The van der Waals surface area contributed by atoms with Crippen molar-refractivity contribution in [2.45, 2.75) is 50.5 Å². The van der Waals surface area contributed by atoms with Crippen LogP contribution < -0.4 is 5.32 Å². The Hall–Kier alpha value is -0.240. The van der Waals surface area contributed by atoms with E-state index in [0.717, 1.165) is 25.7 Å². The second kappa shape index (κ2) is 4.09. The Bertz CT molecular complexity index is 219. The summed E-state index contributed by atoms with van der Waals surface area (Å²) in [7, 11) is 0. The highest BCUT2D eigenvalue weighted by molar-refractivity contribution is 6.19. The first kappa shape index (κ1) is 10.3. The fourth-order valence-corrected chi connectivity index (χ4v) is 2.51. The summed E-state index contributed by atoms with van der Waals surface area (Å²) in [4.78, 5) is 11.8. The molecule has 0 saturated heterocycles. The lowest BCUT2D eigenvalue weighted by molar-refractivity contribution is -0.126. The summed E-state index contributed by atoms with van der Waals surface area (Å²) in [5.41, 5.74) is -0.0178. The zero-order chi connectivity index (χ0) is 10.0. The van der Waals surface area contributed by atoms with E-state index in [0.29, 0.717) is 5.88 Å². The summed E-state index contributed by atoms with van der Waals surface area (Å²) < 4.78 is 0. The summed E-state index contributed by atoms with van der Waals surface area (Å²) in [6, 6.07) is 0. The minimum atomic E-state index is -0.0178. The van der Waals surface area contributed by atoms with Gasteiger partial charge in [-0.25, -0.2) is 0 Å². The predicted molar refractivity (Wildman–Crippen MR) is 57.4 cm³/mol. The maximum Gasteiger partial charge on any atom is 0.223 e. The molecule has 80 valence electrons. The van der Waals surface area contributed by atoms with E-state index in [1.807, 2.05) is 0 Å². The number of amides is 1. The van der Waals surface area contributed by atoms with Crippen molar-refractivity contribution in [2.75, 3.05) is 5.88 Å². The van der Waals surface area contributed by atoms with Crippen molar-refractivity contribution in [1.82, 2.24) is 5.32 Å². The van der Waals surface area contributed by atoms with Gasteiger partial charge in [0.15, 0.2) is 0 Å². The van der Waals surface area contributed by atoms with Gasteiger partial charge in [-0.05, 0) is 25.7 Å². The third kappa shape index (κ3) is 2.22. The summed E-state index contributed by atoms with van der Waals surface area (Å²) >= 11 is 5.82. The van der Waals surface area contributed by atoms with Gasteiger partial charge in [0.25, 0.3) is 0 Å². The zero-order valence-electron chi connectivity index (χ0n) is 8.52. The van der Waals surface area contributed by atoms with E-state index in [1.165, 1.54) is 19.3 Å². The maximum atomic E-state index is 11.8. The van der Waals surface area contributed by atoms with Crippen LogP contribution in [0.5, 0.6) is 0 Å². The zero-order valence-corrected chi connectivity index (χ0v) is 9.28. The fourth-order valence-electron chi connectivity index (χ4n) is 2.17. The molecule has 0 spiro atoms. The van der Waals surface area contributed by atoms with Gasteiger partial charge in [0, 0.05) is 11.8 Å². The molecule has 14 heavy (non-hydrogen) atoms. The van der Waals surface area contributed by atoms with Gasteiger partial charge >= 0.3 is 0 Å². The molecule has 0 radical (unpaired) electrons. The van der Waals surface area contributed by atoms with Crippen LogP contribution in [0.1, 0.15) is 44.9 Å². The molecule has 2 rings (SSSR count). The molecule has 0 bridgehead atoms. The summed E-state index contributed by atoms with van der Waals surface area (Å²) in [5.74, 6) is 1.10. The molecule has 2 nitrogen and oxygen atoms in total. The van der Waals surface area contributed by atoms with Gasteiger partial charge in [-0.1, -0.05) is 19.3 Å². The van der Waals surface area contributed by atoms with Crippen LogP contribution in [0.3, 0.4) is 0 Å². The molecule has 2 fully saturated rings. The second-order valence-corrected chi connectivity index (χ2v) is 5.01. The highest BCUT2D eigenvalue weighted by Crippen LogP contribution is 2.37. The average Bonchev–Trinajstić information content (AvgIpc) is 3.00. The van der Waals surface area contributed by atoms with Crippen molar-refractivity contribution >= 4 is 17.5 Å². The van der Waals surface area contributed by atoms with E-state index < -0.39 is 0 Å². The third-order valence-corrected chi connectivity index (χ3v) is 3.99. The number of rotatable bonds is 3. The lowest BCUT2D eigenvalue weighted by atomic mass is 9.88. The van der Waals surface area contributed by atoms with Crippen molar-refractivity contribution in [3.63, 3.8) is 0 Å². The van der Waals surface area contributed by atoms with E-state index in [9.17, 15) is 4.79 Å². The molecule has 2 aliphatic rings. The molecule has 0 aromatic rings. The lowest BCUT2D eigenvalue weighted by Crippen LogP contribution is -2.42. The lowest BCUT2D eigenvalue weighted by Gasteiger charge is -2.23. The maximum absolute atomic E-state index is 11.8. The van der Waals surface area contributed by atoms with Crippen molar-refractivity contribution in [3.05, 3.63) is 0 Å². The monoisotopic (exact) mass is 215 g/mol. The number of hydrogen-bond donors (Lipinski definition) is 1. The van der Waals surface area contributed by atoms with Gasteiger partial charge in [-0.15, -0.1) is 11.6 Å². The first-order valence-electron chi connectivity index (χ1n) is 5.64. The van der Waals surface area contributed by atoms with E-state index in [1.54, 1.807) is 0 Å². The summed E-state index contributed by atoms with van der Waals surface area (Å²) in [5, 5.41) is 3.12. The van der Waals surface area contributed by atoms with E-state index in [2.05, 4.69) is 5.32 Å². The normalized spacial score (nSPS) is 25.8. The van der Waals surface area contributed by atoms with Crippen LogP contribution in [0, 0.1) is 5.92 Å². The minimum Gasteiger partial charge on any atom is -0.349 e. The Kier molecular flexibility index (Phi) is 3.01. The number of hydrogen-bond acceptors (Lipinski definition) is 1. The number of alkyl halides is 1. The van der Waals surface area contributed by atoms with Crippen LogP contribution in [0.15, 0.2) is 0 Å². The molecule has 2 saturated carbocycles. The van der Waals surface area contributed by atoms with E-state index in [-0.39, 0.29) is 17.4 Å². The molecule has 0 unspecified atom stereocenters. The van der Waals surface area contributed by atoms with Crippen LogP contribution in [0.2, 0.25) is 0 Å². The van der Waals surface area contributed by atoms with Gasteiger partial charge in [-0.2, -0.15) is 0 Å². The molecule has 1 amide bonds. The number of halogens is 1. The fraction of sp³-hybridized carbons (Fsp3) is 0.909. The van der Waals surface area contributed by atoms with Crippen molar-refractivity contribution in [2.24, 2.45) is 5.92 Å². The first-order valence-corrected chi connectivity index (χ1v) is 6.17. The van der Waals surface area contributed by atoms with Crippen molar-refractivity contribution in [1.29, 1.82) is 0 Å². The molecular weight excluding hydrogens is 198 g/mol. The van der Waals surface area contributed by atoms with Crippen LogP contribution in [-0.2, 0) is 4.79 Å². The molecular formula is C11H18ClNO. The van der Waals surface area contributed by atoms with Crippen LogP contribution in [0.25, 0.3) is 0 Å². The molecule has 0 aromatic heterocycles. The molecule has 0 aromatic carbocycles. The summed E-state index contributed by atoms with van der Waals surface area (Å²) in [6.07, 6.45) is 8.00. The van der Waals surface area contributed by atoms with Gasteiger partial charge in [0.2, 0.25) is 5.91 Å². The van der Waals surface area contributed by atoms with Gasteiger partial charge < -0.3 is 5.32 Å². The van der Waals surface area contributed by atoms with Gasteiger partial charge in [0.1, 0.15) is 0 Å². The minimum absolute atomic E-state index is 0.0178. The molecule has 0 atom stereocenters. The second-order valence-electron chi connectivity index (χ2n) is 4.74. The molecule has 3 heteroatoms. The highest BCUT2D eigenvalue weighted by atomic mass is 35.5. The van der Waals surface area contributed by atoms with Gasteiger partial charge in [-0.3, -0.25) is 4.79 Å². The van der Waals surface area contributed by atoms with Crippen LogP contribution in [0.4, 0.5) is 0 Å². The smallest absolute Gasteiger partial charge is 0.223 e. The molecule has 1 N–H and O–H groups in total. The molecule has 0 aliphatic heterocycles. The van der Waals surface area contributed by atoms with Crippen LogP contribution >= 0.6 is 11.6 Å². The van der Waals surface area contributed by atoms with Crippen molar-refractivity contribution in [3.8, 4) is 0 Å². The Morgan fingerprint density at radius 2 is 1.93 bits per heavy atom. The number of nitrogens with one attached hydrogen (secondary N) is 1. The Morgan fingerprint density at radius 3 is 2.43 bits per heavy atom. The molecule has 2 aliphatic carbocycles. The summed E-state index contributed by atoms with van der Waals surface area (Å²) in [6.45, 7) is 0. The third-order valence-electron chi connectivity index (χ3n) is 3.47. The van der Waals surface area contributed by atoms with Crippen molar-refractivity contribution < 1.29 is 4.79 Å². The number of carbonyl (C=O) groups excluding carboxylic acids is 1. The Morgan fingerprint density at radius 1 is 1.29 bits per heavy atom. The highest BCUT2D eigenvalue weighted by Gasteiger charge is 2.44. The first-order chi connectivity index (χ1) is 6.76. The number of carbonyl (C=O) groups is 1. The topological polar surface area (TPSA) is 29.1 Å². The Labute approximate surface area is 90.4 Å². The average molecular weight is 216 g/mol. The predicted octanol–water partition coefficient (Wildman–Crippen LogP) is 2.45. The van der Waals surface area contributed by atoms with E-state index in [4.69, 9.17) is 11.6 Å². The van der Waals surface area contributed by atoms with Gasteiger partial charge in [0.05, 0.1) is 5.54 Å². The van der Waals surface area contributed by atoms with E-state index >= 15 is 0 Å². The van der Waals surface area contributed by atoms with Crippen LogP contribution in [-0.4, -0.2) is 17.3 Å². The quantitative estimate of drug-likeness (QED) is 0.720. The molecule has 0 heterocycles. The Balaban J connectivity index is 1.82. The largest absolute Gasteiger partial charge is 0.349 e. The standard InChI is InChI=1S/C11H18ClNO/c12-8-11(6-7-11)13-10(14)9-4-2-1-3-5-9/h9H,1-8H2,(H,13,14).